The van der Waals surface area contributed by atoms with Crippen LogP contribution in [0.15, 0.2) is 30.6 Å². The Labute approximate surface area is 158 Å². The maximum atomic E-state index is 13.3. The van der Waals surface area contributed by atoms with Crippen LogP contribution in [0.5, 0.6) is 0 Å². The van der Waals surface area contributed by atoms with Crippen molar-refractivity contribution in [2.45, 2.75) is 31.4 Å². The van der Waals surface area contributed by atoms with Crippen molar-refractivity contribution in [1.82, 2.24) is 19.5 Å². The van der Waals surface area contributed by atoms with Crippen LogP contribution in [0.4, 0.5) is 10.2 Å². The van der Waals surface area contributed by atoms with Gasteiger partial charge in [0.15, 0.2) is 17.0 Å². The van der Waals surface area contributed by atoms with Gasteiger partial charge in [-0.15, -0.1) is 0 Å². The lowest BCUT2D eigenvalue weighted by Gasteiger charge is -2.15. The van der Waals surface area contributed by atoms with Crippen LogP contribution in [0.25, 0.3) is 11.2 Å². The van der Waals surface area contributed by atoms with Gasteiger partial charge in [-0.2, -0.15) is 9.97 Å². The van der Waals surface area contributed by atoms with E-state index in [9.17, 15) is 14.6 Å². The van der Waals surface area contributed by atoms with Gasteiger partial charge in [0.25, 0.3) is 0 Å². The lowest BCUT2D eigenvalue weighted by molar-refractivity contribution is 0.0157. The third-order valence-electron chi connectivity index (χ3n) is 4.42. The quantitative estimate of drug-likeness (QED) is 0.562. The van der Waals surface area contributed by atoms with Crippen molar-refractivity contribution in [3.63, 3.8) is 0 Å². The molecule has 3 aromatic rings. The molecule has 3 unspecified atom stereocenters. The molecule has 10 heteroatoms. The van der Waals surface area contributed by atoms with Crippen LogP contribution >= 0.6 is 11.6 Å². The number of aromatic nitrogens is 4. The summed E-state index contributed by atoms with van der Waals surface area (Å²) in [6.45, 7) is 0.670. The summed E-state index contributed by atoms with van der Waals surface area (Å²) >= 11 is 6.04. The van der Waals surface area contributed by atoms with E-state index in [0.717, 1.165) is 5.56 Å². The number of aliphatic hydroxyl groups is 2. The van der Waals surface area contributed by atoms with Gasteiger partial charge in [0.05, 0.1) is 19.5 Å². The van der Waals surface area contributed by atoms with Crippen LogP contribution in [-0.4, -0.2) is 54.7 Å². The number of nitrogens with one attached hydrogen (secondary N) is 1. The van der Waals surface area contributed by atoms with Gasteiger partial charge in [-0.3, -0.25) is 0 Å². The van der Waals surface area contributed by atoms with Crippen LogP contribution < -0.4 is 5.32 Å². The van der Waals surface area contributed by atoms with Crippen LogP contribution in [0, 0.1) is 5.82 Å². The van der Waals surface area contributed by atoms with Crippen LogP contribution in [-0.2, 0) is 17.8 Å². The van der Waals surface area contributed by atoms with Gasteiger partial charge in [0, 0.05) is 6.54 Å². The van der Waals surface area contributed by atoms with E-state index < -0.39 is 18.3 Å². The summed E-state index contributed by atoms with van der Waals surface area (Å²) < 4.78 is 20.4. The molecule has 0 radical (unpaired) electrons. The largest absolute Gasteiger partial charge is 0.388 e. The molecule has 0 amide bonds. The summed E-state index contributed by atoms with van der Waals surface area (Å²) in [6, 6.07) is 6.22. The van der Waals surface area contributed by atoms with Gasteiger partial charge >= 0.3 is 0 Å². The number of anilines is 1. The summed E-state index contributed by atoms with van der Waals surface area (Å²) in [5.74, 6) is 0.0997. The van der Waals surface area contributed by atoms with E-state index in [1.54, 1.807) is 23.0 Å². The highest BCUT2D eigenvalue weighted by Gasteiger charge is 2.35. The molecule has 27 heavy (non-hydrogen) atoms. The third kappa shape index (κ3) is 3.72. The van der Waals surface area contributed by atoms with Crippen molar-refractivity contribution < 1.29 is 19.3 Å². The second-order valence-corrected chi connectivity index (χ2v) is 6.66. The molecule has 1 aliphatic rings. The normalized spacial score (nSPS) is 22.4. The smallest absolute Gasteiger partial charge is 0.226 e. The lowest BCUT2D eigenvalue weighted by Crippen LogP contribution is -2.32. The molecule has 3 atom stereocenters. The standard InChI is InChI=1S/C17H17ClFN5O3/c18-17-22-15(20-5-9-2-1-3-10(19)4-9)13-16(23-17)24(8-21-13)6-12-14(26)11(25)7-27-12/h1-4,8,11-12,14,25-26H,5-7H2,(H,20,22,23). The number of hydrogen-bond acceptors (Lipinski definition) is 7. The van der Waals surface area contributed by atoms with Crippen LogP contribution in [0.3, 0.4) is 0 Å². The zero-order valence-electron chi connectivity index (χ0n) is 14.1. The summed E-state index contributed by atoms with van der Waals surface area (Å²) in [5, 5.41) is 22.7. The maximum absolute atomic E-state index is 13.3. The molecule has 1 aromatic carbocycles. The summed E-state index contributed by atoms with van der Waals surface area (Å²) in [6.07, 6.45) is -0.921. The zero-order valence-corrected chi connectivity index (χ0v) is 14.8. The first kappa shape index (κ1) is 18.1. The molecule has 1 saturated heterocycles. The highest BCUT2D eigenvalue weighted by molar-refractivity contribution is 6.28. The van der Waals surface area contributed by atoms with Crippen molar-refractivity contribution in [2.75, 3.05) is 11.9 Å². The van der Waals surface area contributed by atoms with Gasteiger partial charge in [-0.1, -0.05) is 12.1 Å². The molecule has 0 bridgehead atoms. The summed E-state index contributed by atoms with van der Waals surface area (Å²) in [7, 11) is 0. The van der Waals surface area contributed by atoms with Crippen LogP contribution in [0.1, 0.15) is 5.56 Å². The Hall–Kier alpha value is -2.33. The second-order valence-electron chi connectivity index (χ2n) is 6.32. The first-order chi connectivity index (χ1) is 13.0. The van der Waals surface area contributed by atoms with Gasteiger partial charge in [0.2, 0.25) is 5.28 Å². The van der Waals surface area contributed by atoms with E-state index in [4.69, 9.17) is 16.3 Å². The minimum Gasteiger partial charge on any atom is -0.388 e. The minimum absolute atomic E-state index is 0.0268. The SMILES string of the molecule is OC1COC(Cn2cnc3c(NCc4cccc(F)c4)nc(Cl)nc32)C1O. The van der Waals surface area contributed by atoms with Gasteiger partial charge in [-0.25, -0.2) is 9.37 Å². The van der Waals surface area contributed by atoms with E-state index in [0.29, 0.717) is 23.5 Å². The molecule has 1 fully saturated rings. The van der Waals surface area contributed by atoms with Crippen molar-refractivity contribution in [3.8, 4) is 0 Å². The molecule has 1 aliphatic heterocycles. The number of halogens is 2. The molecule has 2 aromatic heterocycles. The fourth-order valence-corrected chi connectivity index (χ4v) is 3.19. The predicted molar refractivity (Wildman–Crippen MR) is 95.8 cm³/mol. The topological polar surface area (TPSA) is 105 Å². The zero-order chi connectivity index (χ0) is 19.0. The van der Waals surface area contributed by atoms with Gasteiger partial charge in [0.1, 0.15) is 24.1 Å². The van der Waals surface area contributed by atoms with E-state index >= 15 is 0 Å². The number of imidazole rings is 1. The summed E-state index contributed by atoms with van der Waals surface area (Å²) in [4.78, 5) is 12.7. The number of fused-ring (bicyclic) bond motifs is 1. The molecular weight excluding hydrogens is 377 g/mol. The van der Waals surface area contributed by atoms with Crippen molar-refractivity contribution in [2.24, 2.45) is 0 Å². The Morgan fingerprint density at radius 2 is 2.19 bits per heavy atom. The second kappa shape index (κ2) is 7.35. The van der Waals surface area contributed by atoms with Crippen LogP contribution in [0.2, 0.25) is 5.28 Å². The predicted octanol–water partition coefficient (Wildman–Crippen LogP) is 1.35. The first-order valence-electron chi connectivity index (χ1n) is 8.35. The number of benzene rings is 1. The van der Waals surface area contributed by atoms with E-state index in [2.05, 4.69) is 20.3 Å². The third-order valence-corrected chi connectivity index (χ3v) is 4.59. The van der Waals surface area contributed by atoms with Crippen molar-refractivity contribution in [1.29, 1.82) is 0 Å². The average Bonchev–Trinajstić information content (AvgIpc) is 3.18. The number of aliphatic hydroxyl groups excluding tert-OH is 2. The van der Waals surface area contributed by atoms with E-state index in [1.165, 1.54) is 12.1 Å². The molecule has 0 spiro atoms. The number of nitrogens with zero attached hydrogens (tertiary/aromatic N) is 4. The monoisotopic (exact) mass is 393 g/mol. The molecule has 4 rings (SSSR count). The Kier molecular flexibility index (Phi) is 4.92. The molecule has 3 N–H and O–H groups in total. The Balaban J connectivity index is 1.58. The van der Waals surface area contributed by atoms with E-state index in [1.807, 2.05) is 0 Å². The molecule has 0 aliphatic carbocycles. The minimum atomic E-state index is -0.981. The number of hydrogen-bond donors (Lipinski definition) is 3. The fourth-order valence-electron chi connectivity index (χ4n) is 3.03. The lowest BCUT2D eigenvalue weighted by atomic mass is 10.1. The number of rotatable bonds is 5. The molecule has 3 heterocycles. The average molecular weight is 394 g/mol. The van der Waals surface area contributed by atoms with Gasteiger partial charge < -0.3 is 24.8 Å². The molecule has 0 saturated carbocycles. The number of ether oxygens (including phenoxy) is 1. The van der Waals surface area contributed by atoms with Gasteiger partial charge in [-0.05, 0) is 29.3 Å². The molecule has 142 valence electrons. The Morgan fingerprint density at radius 3 is 2.93 bits per heavy atom. The van der Waals surface area contributed by atoms with Crippen molar-refractivity contribution >= 4 is 28.6 Å². The molecular formula is C17H17ClFN5O3. The summed E-state index contributed by atoms with van der Waals surface area (Å²) in [5.41, 5.74) is 1.70. The van der Waals surface area contributed by atoms with Crippen molar-refractivity contribution in [3.05, 3.63) is 47.3 Å². The first-order valence-corrected chi connectivity index (χ1v) is 8.73. The maximum Gasteiger partial charge on any atom is 0.226 e. The van der Waals surface area contributed by atoms with E-state index in [-0.39, 0.29) is 24.3 Å². The Morgan fingerprint density at radius 1 is 1.33 bits per heavy atom. The highest BCUT2D eigenvalue weighted by Crippen LogP contribution is 2.24. The highest BCUT2D eigenvalue weighted by atomic mass is 35.5. The Bertz CT molecular complexity index is 969. The molecule has 8 nitrogen and oxygen atoms in total. The fraction of sp³-hybridized carbons (Fsp3) is 0.353.